The number of urea groups is 1. The minimum atomic E-state index is -0.946. The van der Waals surface area contributed by atoms with Crippen molar-refractivity contribution >= 4 is 12.0 Å². The Bertz CT molecular complexity index is 533. The van der Waals surface area contributed by atoms with Crippen LogP contribution in [0.15, 0.2) is 18.2 Å². The van der Waals surface area contributed by atoms with Crippen molar-refractivity contribution < 1.29 is 19.1 Å². The summed E-state index contributed by atoms with van der Waals surface area (Å²) in [5.74, 6) is -1.18. The van der Waals surface area contributed by atoms with Crippen molar-refractivity contribution in [3.63, 3.8) is 0 Å². The van der Waals surface area contributed by atoms with Crippen molar-refractivity contribution in [1.82, 2.24) is 10.2 Å². The van der Waals surface area contributed by atoms with Crippen molar-refractivity contribution in [2.75, 3.05) is 13.6 Å². The summed E-state index contributed by atoms with van der Waals surface area (Å²) >= 11 is 0. The molecule has 0 heterocycles. The zero-order chi connectivity index (χ0) is 14.7. The van der Waals surface area contributed by atoms with Crippen LogP contribution in [0.2, 0.25) is 0 Å². The molecule has 2 N–H and O–H groups in total. The molecule has 1 aromatic carbocycles. The van der Waals surface area contributed by atoms with Gasteiger partial charge in [-0.15, -0.1) is 0 Å². The fraction of sp³-hybridized carbons (Fsp3) is 0.429. The lowest BCUT2D eigenvalue weighted by Gasteiger charge is -2.21. The van der Waals surface area contributed by atoms with Crippen LogP contribution in [-0.2, 0) is 11.2 Å². The van der Waals surface area contributed by atoms with Crippen molar-refractivity contribution in [3.8, 4) is 0 Å². The molecular weight excluding hydrogens is 263 g/mol. The number of halogens is 1. The van der Waals surface area contributed by atoms with Crippen molar-refractivity contribution in [2.24, 2.45) is 0 Å². The van der Waals surface area contributed by atoms with Crippen LogP contribution in [-0.4, -0.2) is 35.6 Å². The number of nitrogens with zero attached hydrogens (tertiary/aromatic N) is 1. The normalized spacial score (nSPS) is 16.6. The highest BCUT2D eigenvalue weighted by atomic mass is 19.1. The number of benzene rings is 1. The number of carbonyl (C=O) groups is 2. The maximum Gasteiger partial charge on any atom is 0.317 e. The van der Waals surface area contributed by atoms with Gasteiger partial charge in [0.1, 0.15) is 5.82 Å². The molecule has 0 aliphatic heterocycles. The number of hydrogen-bond acceptors (Lipinski definition) is 2. The third-order valence-electron chi connectivity index (χ3n) is 3.52. The van der Waals surface area contributed by atoms with E-state index >= 15 is 0 Å². The fourth-order valence-corrected chi connectivity index (χ4v) is 2.38. The number of fused-ring (bicyclic) bond motifs is 1. The molecule has 1 aliphatic rings. The summed E-state index contributed by atoms with van der Waals surface area (Å²) in [5, 5.41) is 11.4. The van der Waals surface area contributed by atoms with E-state index in [1.165, 1.54) is 11.0 Å². The van der Waals surface area contributed by atoms with E-state index in [9.17, 15) is 14.0 Å². The molecule has 0 saturated heterocycles. The van der Waals surface area contributed by atoms with E-state index in [4.69, 9.17) is 5.11 Å². The molecule has 0 saturated carbocycles. The van der Waals surface area contributed by atoms with E-state index in [0.29, 0.717) is 18.4 Å². The Hall–Kier alpha value is -2.11. The van der Waals surface area contributed by atoms with Crippen LogP contribution < -0.4 is 5.32 Å². The Morgan fingerprint density at radius 2 is 2.25 bits per heavy atom. The first-order valence-corrected chi connectivity index (χ1v) is 6.49. The summed E-state index contributed by atoms with van der Waals surface area (Å²) in [6.45, 7) is 0.143. The third kappa shape index (κ3) is 3.07. The van der Waals surface area contributed by atoms with Gasteiger partial charge in [0.25, 0.3) is 0 Å². The molecule has 2 rings (SSSR count). The molecule has 108 valence electrons. The SMILES string of the molecule is CN(CCC(=O)O)C(=O)NC1CCc2c(F)cccc21. The predicted octanol–water partition coefficient (Wildman–Crippen LogP) is 1.93. The minimum Gasteiger partial charge on any atom is -0.481 e. The summed E-state index contributed by atoms with van der Waals surface area (Å²) in [4.78, 5) is 23.7. The number of aliphatic carboxylic acids is 1. The van der Waals surface area contributed by atoms with Crippen LogP contribution in [0.4, 0.5) is 9.18 Å². The van der Waals surface area contributed by atoms with E-state index in [1.54, 1.807) is 13.1 Å². The maximum atomic E-state index is 13.6. The zero-order valence-electron chi connectivity index (χ0n) is 11.2. The molecule has 20 heavy (non-hydrogen) atoms. The second-order valence-corrected chi connectivity index (χ2v) is 4.91. The highest BCUT2D eigenvalue weighted by Crippen LogP contribution is 2.32. The number of nitrogens with one attached hydrogen (secondary N) is 1. The molecular formula is C14H17FN2O3. The van der Waals surface area contributed by atoms with Gasteiger partial charge in [-0.1, -0.05) is 12.1 Å². The van der Waals surface area contributed by atoms with E-state index in [1.807, 2.05) is 6.07 Å². The molecule has 0 fully saturated rings. The van der Waals surface area contributed by atoms with Gasteiger partial charge in [0.05, 0.1) is 12.5 Å². The quantitative estimate of drug-likeness (QED) is 0.885. The Kier molecular flexibility index (Phi) is 4.22. The molecule has 0 aromatic heterocycles. The highest BCUT2D eigenvalue weighted by molar-refractivity contribution is 5.75. The molecule has 1 atom stereocenters. The lowest BCUT2D eigenvalue weighted by atomic mass is 10.1. The van der Waals surface area contributed by atoms with Crippen molar-refractivity contribution in [1.29, 1.82) is 0 Å². The fourth-order valence-electron chi connectivity index (χ4n) is 2.38. The van der Waals surface area contributed by atoms with Gasteiger partial charge in [0.15, 0.2) is 0 Å². The topological polar surface area (TPSA) is 69.6 Å². The Balaban J connectivity index is 1.97. The van der Waals surface area contributed by atoms with Gasteiger partial charge in [-0.2, -0.15) is 0 Å². The third-order valence-corrected chi connectivity index (χ3v) is 3.52. The van der Waals surface area contributed by atoms with Gasteiger partial charge in [0, 0.05) is 13.6 Å². The first kappa shape index (κ1) is 14.3. The van der Waals surface area contributed by atoms with E-state index in [2.05, 4.69) is 5.32 Å². The predicted molar refractivity (Wildman–Crippen MR) is 70.9 cm³/mol. The number of carboxylic acid groups (broad SMARTS) is 1. The van der Waals surface area contributed by atoms with E-state index in [-0.39, 0.29) is 30.9 Å². The Morgan fingerprint density at radius 3 is 2.95 bits per heavy atom. The second kappa shape index (κ2) is 5.90. The highest BCUT2D eigenvalue weighted by Gasteiger charge is 2.26. The lowest BCUT2D eigenvalue weighted by molar-refractivity contribution is -0.137. The van der Waals surface area contributed by atoms with Gasteiger partial charge in [-0.3, -0.25) is 4.79 Å². The van der Waals surface area contributed by atoms with Gasteiger partial charge in [-0.05, 0) is 30.0 Å². The number of rotatable bonds is 4. The number of carboxylic acids is 1. The summed E-state index contributed by atoms with van der Waals surface area (Å²) < 4.78 is 13.6. The monoisotopic (exact) mass is 280 g/mol. The molecule has 6 heteroatoms. The van der Waals surface area contributed by atoms with Gasteiger partial charge in [0.2, 0.25) is 0 Å². The summed E-state index contributed by atoms with van der Waals surface area (Å²) in [6.07, 6.45) is 1.17. The van der Waals surface area contributed by atoms with Gasteiger partial charge < -0.3 is 15.3 Å². The van der Waals surface area contributed by atoms with Crippen LogP contribution in [0.3, 0.4) is 0 Å². The molecule has 0 radical (unpaired) electrons. The number of hydrogen-bond donors (Lipinski definition) is 2. The summed E-state index contributed by atoms with van der Waals surface area (Å²) in [5.41, 5.74) is 1.47. The first-order valence-electron chi connectivity index (χ1n) is 6.49. The van der Waals surface area contributed by atoms with Crippen molar-refractivity contribution in [2.45, 2.75) is 25.3 Å². The van der Waals surface area contributed by atoms with Gasteiger partial charge in [-0.25, -0.2) is 9.18 Å². The largest absolute Gasteiger partial charge is 0.481 e. The molecule has 5 nitrogen and oxygen atoms in total. The second-order valence-electron chi connectivity index (χ2n) is 4.91. The average Bonchev–Trinajstić information content (AvgIpc) is 2.80. The Morgan fingerprint density at radius 1 is 1.50 bits per heavy atom. The minimum absolute atomic E-state index is 0.0974. The van der Waals surface area contributed by atoms with Crippen LogP contribution in [0.5, 0.6) is 0 Å². The number of amides is 2. The van der Waals surface area contributed by atoms with Crippen molar-refractivity contribution in [3.05, 3.63) is 35.1 Å². The van der Waals surface area contributed by atoms with Crippen LogP contribution in [0.25, 0.3) is 0 Å². The molecule has 2 amide bonds. The van der Waals surface area contributed by atoms with Gasteiger partial charge >= 0.3 is 12.0 Å². The molecule has 0 bridgehead atoms. The standard InChI is InChI=1S/C14H17FN2O3/c1-17(8-7-13(18)19)14(20)16-12-6-5-9-10(12)3-2-4-11(9)15/h2-4,12H,5-8H2,1H3,(H,16,20)(H,18,19). The zero-order valence-corrected chi connectivity index (χ0v) is 11.2. The summed E-state index contributed by atoms with van der Waals surface area (Å²) in [7, 11) is 1.54. The van der Waals surface area contributed by atoms with Crippen LogP contribution in [0.1, 0.15) is 30.0 Å². The molecule has 0 spiro atoms. The van der Waals surface area contributed by atoms with E-state index in [0.717, 1.165) is 5.56 Å². The lowest BCUT2D eigenvalue weighted by Crippen LogP contribution is -2.39. The van der Waals surface area contributed by atoms with Crippen LogP contribution >= 0.6 is 0 Å². The molecule has 1 aliphatic carbocycles. The molecule has 1 aromatic rings. The first-order chi connectivity index (χ1) is 9.49. The average molecular weight is 280 g/mol. The van der Waals surface area contributed by atoms with Crippen LogP contribution in [0, 0.1) is 5.82 Å². The maximum absolute atomic E-state index is 13.6. The smallest absolute Gasteiger partial charge is 0.317 e. The van der Waals surface area contributed by atoms with E-state index < -0.39 is 5.97 Å². The Labute approximate surface area is 116 Å². The number of carbonyl (C=O) groups excluding carboxylic acids is 1. The molecule has 1 unspecified atom stereocenters. The summed E-state index contributed by atoms with van der Waals surface area (Å²) in [6, 6.07) is 4.32.